The summed E-state index contributed by atoms with van der Waals surface area (Å²) in [7, 11) is 3.76. The molecule has 1 aliphatic rings. The Hall–Kier alpha value is -3.00. The average molecular weight is 559 g/mol. The van der Waals surface area contributed by atoms with Gasteiger partial charge in [0.05, 0.1) is 29.9 Å². The van der Waals surface area contributed by atoms with Gasteiger partial charge in [-0.1, -0.05) is 40.6 Å². The number of rotatable bonds is 8. The molecule has 39 heavy (non-hydrogen) atoms. The van der Waals surface area contributed by atoms with Crippen LogP contribution in [-0.2, 0) is 34.9 Å². The van der Waals surface area contributed by atoms with Crippen LogP contribution in [0.2, 0.25) is 0 Å². The molecule has 1 aromatic heterocycles. The Morgan fingerprint density at radius 3 is 2.18 bits per heavy atom. The van der Waals surface area contributed by atoms with Crippen molar-refractivity contribution in [3.63, 3.8) is 0 Å². The van der Waals surface area contributed by atoms with E-state index in [1.54, 1.807) is 0 Å². The summed E-state index contributed by atoms with van der Waals surface area (Å²) in [4.78, 5) is 3.93. The van der Waals surface area contributed by atoms with Gasteiger partial charge in [-0.25, -0.2) is 4.63 Å². The highest BCUT2D eigenvalue weighted by Crippen LogP contribution is 2.40. The Morgan fingerprint density at radius 1 is 0.974 bits per heavy atom. The fourth-order valence-corrected chi connectivity index (χ4v) is 4.45. The lowest BCUT2D eigenvalue weighted by molar-refractivity contribution is -0.231. The highest BCUT2D eigenvalue weighted by Gasteiger charge is 2.39. The lowest BCUT2D eigenvalue weighted by atomic mass is 10.0. The summed E-state index contributed by atoms with van der Waals surface area (Å²) in [5.41, 5.74) is -1.03. The lowest BCUT2D eigenvalue weighted by Gasteiger charge is -2.41. The number of aromatic nitrogens is 2. The molecule has 4 rings (SSSR count). The van der Waals surface area contributed by atoms with E-state index in [0.717, 1.165) is 5.56 Å². The van der Waals surface area contributed by atoms with Crippen LogP contribution in [0.1, 0.15) is 52.7 Å². The SMILES string of the molecule is C[C@@H](O[C@H]1OCCN(Cc2nonc2CN(C)C)[C@H]1c1ccccc1)c1cc(C(F)(F)F)cc(C(F)(F)F)c1. The van der Waals surface area contributed by atoms with Crippen molar-refractivity contribution in [2.24, 2.45) is 0 Å². The summed E-state index contributed by atoms with van der Waals surface area (Å²) >= 11 is 0. The number of benzene rings is 2. The van der Waals surface area contributed by atoms with Crippen molar-refractivity contribution in [1.82, 2.24) is 20.1 Å². The van der Waals surface area contributed by atoms with Crippen LogP contribution in [0.3, 0.4) is 0 Å². The van der Waals surface area contributed by atoms with Gasteiger partial charge in [-0.3, -0.25) is 4.90 Å². The molecule has 2 heterocycles. The van der Waals surface area contributed by atoms with Gasteiger partial charge in [0.1, 0.15) is 11.4 Å². The van der Waals surface area contributed by atoms with Crippen LogP contribution >= 0.6 is 0 Å². The molecule has 0 aliphatic carbocycles. The van der Waals surface area contributed by atoms with Crippen molar-refractivity contribution < 1.29 is 40.4 Å². The zero-order valence-electron chi connectivity index (χ0n) is 21.5. The molecule has 1 aliphatic heterocycles. The van der Waals surface area contributed by atoms with E-state index >= 15 is 0 Å². The molecule has 0 amide bonds. The van der Waals surface area contributed by atoms with Gasteiger partial charge in [0, 0.05) is 19.6 Å². The number of nitrogens with zero attached hydrogens (tertiary/aromatic N) is 4. The third kappa shape index (κ3) is 7.15. The van der Waals surface area contributed by atoms with E-state index in [2.05, 4.69) is 10.3 Å². The number of alkyl halides is 6. The second-order valence-electron chi connectivity index (χ2n) is 9.58. The highest BCUT2D eigenvalue weighted by molar-refractivity contribution is 5.34. The first-order valence-electron chi connectivity index (χ1n) is 12.1. The summed E-state index contributed by atoms with van der Waals surface area (Å²) in [5.74, 6) is 0. The van der Waals surface area contributed by atoms with Crippen molar-refractivity contribution in [3.05, 3.63) is 82.2 Å². The van der Waals surface area contributed by atoms with Gasteiger partial charge in [0.2, 0.25) is 0 Å². The second-order valence-corrected chi connectivity index (χ2v) is 9.58. The summed E-state index contributed by atoms with van der Waals surface area (Å²) in [6, 6.07) is 10.1. The van der Waals surface area contributed by atoms with E-state index in [9.17, 15) is 26.3 Å². The van der Waals surface area contributed by atoms with Gasteiger partial charge in [-0.05, 0) is 50.3 Å². The van der Waals surface area contributed by atoms with Crippen LogP contribution in [-0.4, -0.2) is 53.7 Å². The number of hydrogen-bond acceptors (Lipinski definition) is 7. The first-order chi connectivity index (χ1) is 18.3. The number of hydrogen-bond donors (Lipinski definition) is 0. The molecular weight excluding hydrogens is 530 g/mol. The number of halogens is 6. The van der Waals surface area contributed by atoms with Gasteiger partial charge in [-0.2, -0.15) is 26.3 Å². The van der Waals surface area contributed by atoms with E-state index in [-0.39, 0.29) is 18.2 Å². The fraction of sp³-hybridized carbons (Fsp3) is 0.462. The first-order valence-corrected chi connectivity index (χ1v) is 12.1. The van der Waals surface area contributed by atoms with Crippen LogP contribution in [0.15, 0.2) is 53.2 Å². The van der Waals surface area contributed by atoms with Crippen LogP contribution in [0, 0.1) is 0 Å². The molecule has 13 heteroatoms. The molecule has 0 saturated carbocycles. The zero-order chi connectivity index (χ0) is 28.4. The maximum absolute atomic E-state index is 13.4. The molecule has 7 nitrogen and oxygen atoms in total. The predicted octanol–water partition coefficient (Wildman–Crippen LogP) is 5.85. The molecular formula is C26H28F6N4O3. The minimum Gasteiger partial charge on any atom is -0.349 e. The summed E-state index contributed by atoms with van der Waals surface area (Å²) in [5, 5.41) is 8.02. The molecule has 212 valence electrons. The van der Waals surface area contributed by atoms with Gasteiger partial charge in [0.25, 0.3) is 0 Å². The molecule has 0 bridgehead atoms. The van der Waals surface area contributed by atoms with E-state index in [4.69, 9.17) is 14.1 Å². The first kappa shape index (κ1) is 29.0. The topological polar surface area (TPSA) is 63.9 Å². The summed E-state index contributed by atoms with van der Waals surface area (Å²) < 4.78 is 97.5. The van der Waals surface area contributed by atoms with Crippen molar-refractivity contribution in [3.8, 4) is 0 Å². The normalized spacial score (nSPS) is 19.9. The monoisotopic (exact) mass is 558 g/mol. The van der Waals surface area contributed by atoms with Gasteiger partial charge in [0.15, 0.2) is 6.29 Å². The van der Waals surface area contributed by atoms with Crippen LogP contribution < -0.4 is 0 Å². The Kier molecular flexibility index (Phi) is 8.64. The highest BCUT2D eigenvalue weighted by atomic mass is 19.4. The van der Waals surface area contributed by atoms with Crippen molar-refractivity contribution >= 4 is 0 Å². The maximum Gasteiger partial charge on any atom is 0.416 e. The molecule has 3 aromatic rings. The average Bonchev–Trinajstić information content (AvgIpc) is 3.29. The molecule has 1 fully saturated rings. The minimum absolute atomic E-state index is 0.0963. The molecule has 1 saturated heterocycles. The zero-order valence-corrected chi connectivity index (χ0v) is 21.5. The number of ether oxygens (including phenoxy) is 2. The van der Waals surface area contributed by atoms with E-state index in [0.29, 0.717) is 43.2 Å². The molecule has 0 spiro atoms. The molecule has 0 N–H and O–H groups in total. The predicted molar refractivity (Wildman–Crippen MR) is 127 cm³/mol. The Balaban J connectivity index is 1.64. The van der Waals surface area contributed by atoms with Crippen LogP contribution in [0.4, 0.5) is 26.3 Å². The third-order valence-electron chi connectivity index (χ3n) is 6.32. The maximum atomic E-state index is 13.4. The second kappa shape index (κ2) is 11.6. The Bertz CT molecular complexity index is 1200. The van der Waals surface area contributed by atoms with Crippen molar-refractivity contribution in [2.75, 3.05) is 27.2 Å². The fourth-order valence-electron chi connectivity index (χ4n) is 4.45. The van der Waals surface area contributed by atoms with Crippen LogP contribution in [0.5, 0.6) is 0 Å². The molecule has 3 atom stereocenters. The lowest BCUT2D eigenvalue weighted by Crippen LogP contribution is -2.46. The number of morpholine rings is 1. The Morgan fingerprint density at radius 2 is 1.59 bits per heavy atom. The van der Waals surface area contributed by atoms with Crippen LogP contribution in [0.25, 0.3) is 0 Å². The van der Waals surface area contributed by atoms with E-state index in [1.807, 2.05) is 54.2 Å². The molecule has 0 radical (unpaired) electrons. The quantitative estimate of drug-likeness (QED) is 0.322. The van der Waals surface area contributed by atoms with Gasteiger partial charge in [-0.15, -0.1) is 0 Å². The van der Waals surface area contributed by atoms with E-state index < -0.39 is 41.9 Å². The van der Waals surface area contributed by atoms with Crippen molar-refractivity contribution in [1.29, 1.82) is 0 Å². The van der Waals surface area contributed by atoms with Gasteiger partial charge < -0.3 is 14.4 Å². The van der Waals surface area contributed by atoms with Gasteiger partial charge >= 0.3 is 12.4 Å². The standard InChI is InChI=1S/C26H28F6N4O3/c1-16(18-11-19(25(27,28)29)13-20(12-18)26(30,31)32)38-24-23(17-7-5-4-6-8-17)36(9-10-37-24)15-22-21(14-35(2)3)33-39-34-22/h4-8,11-13,16,23-24H,9-10,14-15H2,1-3H3/t16-,23+,24-/m1/s1. The van der Waals surface area contributed by atoms with Crippen molar-refractivity contribution in [2.45, 2.75) is 50.8 Å². The Labute approximate surface area is 221 Å². The molecule has 0 unspecified atom stereocenters. The molecule has 2 aromatic carbocycles. The third-order valence-corrected chi connectivity index (χ3v) is 6.32. The van der Waals surface area contributed by atoms with E-state index in [1.165, 1.54) is 6.92 Å². The minimum atomic E-state index is -4.96. The largest absolute Gasteiger partial charge is 0.416 e. The smallest absolute Gasteiger partial charge is 0.349 e. The summed E-state index contributed by atoms with van der Waals surface area (Å²) in [6.45, 7) is 2.88. The summed E-state index contributed by atoms with van der Waals surface area (Å²) in [6.07, 6.45) is -12.1.